The van der Waals surface area contributed by atoms with Crippen molar-refractivity contribution in [1.82, 2.24) is 0 Å². The number of nitrogens with zero attached hydrogens (tertiary/aromatic N) is 1. The molecule has 0 atom stereocenters. The number of benzene rings is 1. The van der Waals surface area contributed by atoms with Crippen molar-refractivity contribution in [2.45, 2.75) is 6.92 Å². The molecule has 0 bridgehead atoms. The third-order valence-electron chi connectivity index (χ3n) is 1.59. The van der Waals surface area contributed by atoms with Crippen LogP contribution in [0, 0.1) is 0 Å². The second-order valence-corrected chi connectivity index (χ2v) is 3.12. The molecule has 0 aliphatic carbocycles. The highest BCUT2D eigenvalue weighted by Gasteiger charge is 2.17. The molecule has 0 saturated carbocycles. The Kier molecular flexibility index (Phi) is 3.94. The number of rotatable bonds is 2. The molecule has 1 rings (SSSR count). The first-order valence-corrected chi connectivity index (χ1v) is 4.53. The molecule has 5 nitrogen and oxygen atoms in total. The van der Waals surface area contributed by atoms with Crippen molar-refractivity contribution in [3.05, 3.63) is 28.8 Å². The monoisotopic (exact) mass is 239 g/mol. The van der Waals surface area contributed by atoms with Crippen LogP contribution in [0.4, 0.5) is 0 Å². The highest BCUT2D eigenvalue weighted by Crippen LogP contribution is 2.27. The van der Waals surface area contributed by atoms with Crippen LogP contribution in [-0.2, 0) is 9.59 Å². The Morgan fingerprint density at radius 3 is 2.69 bits per heavy atom. The second kappa shape index (κ2) is 5.21. The number of isocyanates is 1. The van der Waals surface area contributed by atoms with Crippen LogP contribution in [0.3, 0.4) is 0 Å². The summed E-state index contributed by atoms with van der Waals surface area (Å²) < 4.78 is 4.76. The van der Waals surface area contributed by atoms with Gasteiger partial charge < -0.3 is 4.74 Å². The lowest BCUT2D eigenvalue weighted by Crippen LogP contribution is -2.07. The number of halogens is 1. The zero-order valence-corrected chi connectivity index (χ0v) is 8.95. The Balaban J connectivity index is 3.28. The Morgan fingerprint density at radius 1 is 1.44 bits per heavy atom. The van der Waals surface area contributed by atoms with Gasteiger partial charge in [-0.2, -0.15) is 0 Å². The lowest BCUT2D eigenvalue weighted by atomic mass is 10.2. The van der Waals surface area contributed by atoms with E-state index in [1.165, 1.54) is 25.1 Å². The van der Waals surface area contributed by atoms with Gasteiger partial charge in [-0.05, 0) is 12.1 Å². The Morgan fingerprint density at radius 2 is 2.12 bits per heavy atom. The van der Waals surface area contributed by atoms with Crippen LogP contribution in [-0.4, -0.2) is 18.0 Å². The highest BCUT2D eigenvalue weighted by molar-refractivity contribution is 6.34. The van der Waals surface area contributed by atoms with Gasteiger partial charge in [-0.1, -0.05) is 17.7 Å². The quantitative estimate of drug-likeness (QED) is 0.341. The summed E-state index contributed by atoms with van der Waals surface area (Å²) in [6.45, 7) is 1.18. The fraction of sp³-hybridized carbons (Fsp3) is 0.100. The van der Waals surface area contributed by atoms with Gasteiger partial charge in [-0.15, -0.1) is 4.99 Å². The average Bonchev–Trinajstić information content (AvgIpc) is 2.16. The van der Waals surface area contributed by atoms with Gasteiger partial charge in [0.1, 0.15) is 11.3 Å². The van der Waals surface area contributed by atoms with Gasteiger partial charge in [0.25, 0.3) is 5.91 Å². The van der Waals surface area contributed by atoms with Crippen LogP contribution < -0.4 is 4.74 Å². The molecule has 0 unspecified atom stereocenters. The van der Waals surface area contributed by atoms with E-state index in [1.807, 2.05) is 0 Å². The summed E-state index contributed by atoms with van der Waals surface area (Å²) in [6.07, 6.45) is 1.10. The van der Waals surface area contributed by atoms with Gasteiger partial charge in [0, 0.05) is 6.92 Å². The number of hydrogen-bond acceptors (Lipinski definition) is 4. The Hall–Kier alpha value is -1.97. The molecule has 0 aliphatic rings. The smallest absolute Gasteiger partial charge is 0.308 e. The summed E-state index contributed by atoms with van der Waals surface area (Å²) in [4.78, 5) is 35.0. The van der Waals surface area contributed by atoms with Crippen molar-refractivity contribution < 1.29 is 19.1 Å². The minimum absolute atomic E-state index is 0.0380. The maximum atomic E-state index is 11.4. The Labute approximate surface area is 95.7 Å². The van der Waals surface area contributed by atoms with E-state index in [-0.39, 0.29) is 16.3 Å². The van der Waals surface area contributed by atoms with Crippen molar-refractivity contribution in [2.24, 2.45) is 4.99 Å². The molecule has 0 aliphatic heterocycles. The normalized spacial score (nSPS) is 9.12. The standard InChI is InChI=1S/C10H6ClNO4/c1-6(14)16-8-4-2-3-7(11)9(8)10(15)12-5-13/h2-4H,1H3. The van der Waals surface area contributed by atoms with E-state index >= 15 is 0 Å². The lowest BCUT2D eigenvalue weighted by Gasteiger charge is -2.06. The largest absolute Gasteiger partial charge is 0.426 e. The van der Waals surface area contributed by atoms with E-state index in [9.17, 15) is 14.4 Å². The summed E-state index contributed by atoms with van der Waals surface area (Å²) in [6, 6.07) is 4.30. The molecule has 82 valence electrons. The number of hydrogen-bond donors (Lipinski definition) is 0. The van der Waals surface area contributed by atoms with Crippen LogP contribution in [0.2, 0.25) is 5.02 Å². The molecule has 6 heteroatoms. The third kappa shape index (κ3) is 2.76. The van der Waals surface area contributed by atoms with Crippen LogP contribution >= 0.6 is 11.6 Å². The molecule has 0 N–H and O–H groups in total. The molecule has 0 saturated heterocycles. The molecule has 16 heavy (non-hydrogen) atoms. The molecule has 0 spiro atoms. The summed E-state index contributed by atoms with van der Waals surface area (Å²) in [5, 5.41) is 0.0442. The predicted molar refractivity (Wildman–Crippen MR) is 55.2 cm³/mol. The van der Waals surface area contributed by atoms with Crippen LogP contribution in [0.5, 0.6) is 5.75 Å². The molecule has 0 radical (unpaired) electrons. The average molecular weight is 240 g/mol. The summed E-state index contributed by atoms with van der Waals surface area (Å²) in [5.74, 6) is -1.55. The molecule has 0 aromatic heterocycles. The molecule has 1 aromatic carbocycles. The fourth-order valence-corrected chi connectivity index (χ4v) is 1.30. The van der Waals surface area contributed by atoms with E-state index in [0.717, 1.165) is 6.08 Å². The number of carbonyl (C=O) groups is 2. The van der Waals surface area contributed by atoms with Crippen molar-refractivity contribution in [3.63, 3.8) is 0 Å². The lowest BCUT2D eigenvalue weighted by molar-refractivity contribution is -0.131. The number of ether oxygens (including phenoxy) is 1. The molecule has 1 aromatic rings. The summed E-state index contributed by atoms with van der Waals surface area (Å²) in [7, 11) is 0. The minimum Gasteiger partial charge on any atom is -0.426 e. The van der Waals surface area contributed by atoms with Gasteiger partial charge in [-0.25, -0.2) is 4.79 Å². The zero-order chi connectivity index (χ0) is 12.1. The molecule has 0 fully saturated rings. The first-order chi connectivity index (χ1) is 7.56. The minimum atomic E-state index is -0.906. The fourth-order valence-electron chi connectivity index (χ4n) is 1.05. The van der Waals surface area contributed by atoms with Gasteiger partial charge in [0.15, 0.2) is 0 Å². The molecule has 1 amide bonds. The maximum absolute atomic E-state index is 11.4. The van der Waals surface area contributed by atoms with E-state index in [1.54, 1.807) is 0 Å². The van der Waals surface area contributed by atoms with E-state index in [4.69, 9.17) is 16.3 Å². The van der Waals surface area contributed by atoms with E-state index in [2.05, 4.69) is 4.99 Å². The first-order valence-electron chi connectivity index (χ1n) is 4.15. The summed E-state index contributed by atoms with van der Waals surface area (Å²) in [5.41, 5.74) is -0.136. The number of carbonyl (C=O) groups excluding carboxylic acids is 3. The molecular weight excluding hydrogens is 234 g/mol. The number of aliphatic imine (C=N–C) groups is 1. The van der Waals surface area contributed by atoms with Gasteiger partial charge >= 0.3 is 5.97 Å². The van der Waals surface area contributed by atoms with Crippen molar-refractivity contribution in [3.8, 4) is 5.75 Å². The van der Waals surface area contributed by atoms with Gasteiger partial charge in [-0.3, -0.25) is 9.59 Å². The maximum Gasteiger partial charge on any atom is 0.308 e. The zero-order valence-electron chi connectivity index (χ0n) is 8.19. The topological polar surface area (TPSA) is 72.8 Å². The molecular formula is C10H6ClNO4. The summed E-state index contributed by atoms with van der Waals surface area (Å²) >= 11 is 5.74. The van der Waals surface area contributed by atoms with Crippen LogP contribution in [0.1, 0.15) is 17.3 Å². The first kappa shape index (κ1) is 12.1. The Bertz CT molecular complexity index is 492. The van der Waals surface area contributed by atoms with Crippen LogP contribution in [0.25, 0.3) is 0 Å². The third-order valence-corrected chi connectivity index (χ3v) is 1.91. The number of amides is 1. The van der Waals surface area contributed by atoms with Gasteiger partial charge in [0.05, 0.1) is 5.02 Å². The highest BCUT2D eigenvalue weighted by atomic mass is 35.5. The van der Waals surface area contributed by atoms with Crippen molar-refractivity contribution in [2.75, 3.05) is 0 Å². The van der Waals surface area contributed by atoms with E-state index < -0.39 is 11.9 Å². The van der Waals surface area contributed by atoms with Crippen molar-refractivity contribution >= 4 is 29.6 Å². The predicted octanol–water partition coefficient (Wildman–Crippen LogP) is 1.74. The second-order valence-electron chi connectivity index (χ2n) is 2.71. The number of esters is 1. The van der Waals surface area contributed by atoms with E-state index in [0.29, 0.717) is 0 Å². The SMILES string of the molecule is CC(=O)Oc1cccc(Cl)c1C(=O)N=C=O. The van der Waals surface area contributed by atoms with Crippen molar-refractivity contribution in [1.29, 1.82) is 0 Å². The molecule has 0 heterocycles. The van der Waals surface area contributed by atoms with Gasteiger partial charge in [0.2, 0.25) is 6.08 Å². The van der Waals surface area contributed by atoms with Crippen LogP contribution in [0.15, 0.2) is 23.2 Å².